The number of rotatable bonds is 10. The van der Waals surface area contributed by atoms with Gasteiger partial charge in [-0.3, -0.25) is 0 Å². The number of nitrogens with one attached hydrogen (secondary N) is 1. The van der Waals surface area contributed by atoms with Crippen molar-refractivity contribution in [3.63, 3.8) is 0 Å². The highest BCUT2D eigenvalue weighted by molar-refractivity contribution is 7.89. The Kier molecular flexibility index (Phi) is 7.77. The number of ether oxygens (including phenoxy) is 1. The molecule has 2 aromatic rings. The lowest BCUT2D eigenvalue weighted by molar-refractivity contribution is 0.221. The van der Waals surface area contributed by atoms with Gasteiger partial charge in [-0.15, -0.1) is 0 Å². The zero-order valence-corrected chi connectivity index (χ0v) is 16.9. The third-order valence-electron chi connectivity index (χ3n) is 4.44. The van der Waals surface area contributed by atoms with Crippen LogP contribution >= 0.6 is 0 Å². The molecule has 27 heavy (non-hydrogen) atoms. The summed E-state index contributed by atoms with van der Waals surface area (Å²) in [6, 6.07) is 11.2. The van der Waals surface area contributed by atoms with Crippen LogP contribution < -0.4 is 9.46 Å². The lowest BCUT2D eigenvalue weighted by Gasteiger charge is -2.19. The Bertz CT molecular complexity index is 852. The van der Waals surface area contributed by atoms with Crippen molar-refractivity contribution in [3.05, 3.63) is 59.4 Å². The fourth-order valence-electron chi connectivity index (χ4n) is 2.61. The lowest BCUT2D eigenvalue weighted by atomic mass is 10.2. The molecule has 0 amide bonds. The van der Waals surface area contributed by atoms with Gasteiger partial charge < -0.3 is 9.64 Å². The summed E-state index contributed by atoms with van der Waals surface area (Å²) in [7, 11) is -3.81. The summed E-state index contributed by atoms with van der Waals surface area (Å²) in [5.74, 6) is 0.0976. The molecule has 0 saturated heterocycles. The predicted molar refractivity (Wildman–Crippen MR) is 105 cm³/mol. The van der Waals surface area contributed by atoms with Crippen molar-refractivity contribution in [1.82, 2.24) is 9.62 Å². The number of halogens is 1. The number of aryl methyl sites for hydroxylation is 1. The Balaban J connectivity index is 2.03. The van der Waals surface area contributed by atoms with Gasteiger partial charge in [0, 0.05) is 18.7 Å². The summed E-state index contributed by atoms with van der Waals surface area (Å²) in [6.45, 7) is 9.08. The van der Waals surface area contributed by atoms with Crippen molar-refractivity contribution in [2.24, 2.45) is 0 Å². The van der Waals surface area contributed by atoms with Gasteiger partial charge in [-0.1, -0.05) is 38.1 Å². The highest BCUT2D eigenvalue weighted by Crippen LogP contribution is 2.19. The summed E-state index contributed by atoms with van der Waals surface area (Å²) in [6.07, 6.45) is 0. The Morgan fingerprint density at radius 3 is 2.48 bits per heavy atom. The molecule has 1 N–H and O–H groups in total. The molecule has 0 aliphatic heterocycles. The minimum absolute atomic E-state index is 0.0687. The molecule has 5 nitrogen and oxygen atoms in total. The van der Waals surface area contributed by atoms with Crippen LogP contribution in [0.4, 0.5) is 4.39 Å². The Hall–Kier alpha value is -1.96. The normalized spacial score (nSPS) is 11.7. The molecular formula is C20H27FN2O3S. The molecule has 0 spiro atoms. The number of likely N-dealkylation sites (N-methyl/N-ethyl adjacent to an activating group) is 1. The Morgan fingerprint density at radius 2 is 1.81 bits per heavy atom. The van der Waals surface area contributed by atoms with Crippen LogP contribution in [0.5, 0.6) is 5.75 Å². The van der Waals surface area contributed by atoms with E-state index in [4.69, 9.17) is 4.74 Å². The quantitative estimate of drug-likeness (QED) is 0.672. The molecule has 0 aromatic heterocycles. The largest absolute Gasteiger partial charge is 0.492 e. The monoisotopic (exact) mass is 394 g/mol. The summed E-state index contributed by atoms with van der Waals surface area (Å²) in [4.78, 5) is 2.16. The van der Waals surface area contributed by atoms with E-state index in [1.807, 2.05) is 24.3 Å². The average Bonchev–Trinajstić information content (AvgIpc) is 2.66. The van der Waals surface area contributed by atoms with Crippen LogP contribution in [0.25, 0.3) is 0 Å². The van der Waals surface area contributed by atoms with E-state index in [1.54, 1.807) is 6.92 Å². The smallest absolute Gasteiger partial charge is 0.240 e. The van der Waals surface area contributed by atoms with Crippen LogP contribution in [0.15, 0.2) is 47.4 Å². The highest BCUT2D eigenvalue weighted by Gasteiger charge is 2.16. The maximum atomic E-state index is 13.7. The number of benzene rings is 2. The van der Waals surface area contributed by atoms with Crippen molar-refractivity contribution < 1.29 is 17.5 Å². The maximum Gasteiger partial charge on any atom is 0.240 e. The van der Waals surface area contributed by atoms with Gasteiger partial charge in [0.25, 0.3) is 0 Å². The molecule has 0 aliphatic rings. The first-order valence-electron chi connectivity index (χ1n) is 9.06. The second-order valence-corrected chi connectivity index (χ2v) is 7.99. The van der Waals surface area contributed by atoms with E-state index < -0.39 is 15.8 Å². The molecule has 0 bridgehead atoms. The minimum atomic E-state index is -3.81. The van der Waals surface area contributed by atoms with Gasteiger partial charge >= 0.3 is 0 Å². The SMILES string of the molecule is CCN(CC)CCOc1ccccc1CNS(=O)(=O)c1ccc(C)c(F)c1. The van der Waals surface area contributed by atoms with Crippen LogP contribution in [-0.2, 0) is 16.6 Å². The highest BCUT2D eigenvalue weighted by atomic mass is 32.2. The summed E-state index contributed by atoms with van der Waals surface area (Å²) >= 11 is 0. The Morgan fingerprint density at radius 1 is 1.11 bits per heavy atom. The molecule has 0 heterocycles. The molecule has 0 aliphatic carbocycles. The van der Waals surface area contributed by atoms with Gasteiger partial charge in [0.05, 0.1) is 4.90 Å². The van der Waals surface area contributed by atoms with Crippen LogP contribution in [0, 0.1) is 12.7 Å². The van der Waals surface area contributed by atoms with Crippen molar-refractivity contribution in [3.8, 4) is 5.75 Å². The molecule has 2 aromatic carbocycles. The fraction of sp³-hybridized carbons (Fsp3) is 0.400. The molecule has 0 saturated carbocycles. The molecule has 0 atom stereocenters. The molecule has 0 unspecified atom stereocenters. The van der Waals surface area contributed by atoms with Crippen molar-refractivity contribution in [2.75, 3.05) is 26.2 Å². The average molecular weight is 395 g/mol. The van der Waals surface area contributed by atoms with Crippen LogP contribution in [-0.4, -0.2) is 39.6 Å². The zero-order valence-electron chi connectivity index (χ0n) is 16.0. The van der Waals surface area contributed by atoms with Crippen molar-refractivity contribution >= 4 is 10.0 Å². The van der Waals surface area contributed by atoms with Gasteiger partial charge in [-0.25, -0.2) is 17.5 Å². The molecule has 7 heteroatoms. The van der Waals surface area contributed by atoms with Gasteiger partial charge in [-0.2, -0.15) is 0 Å². The zero-order chi connectivity index (χ0) is 19.9. The molecule has 0 radical (unpaired) electrons. The minimum Gasteiger partial charge on any atom is -0.492 e. The maximum absolute atomic E-state index is 13.7. The third kappa shape index (κ3) is 6.02. The van der Waals surface area contributed by atoms with E-state index in [9.17, 15) is 12.8 Å². The van der Waals surface area contributed by atoms with Gasteiger partial charge in [0.2, 0.25) is 10.0 Å². The van der Waals surface area contributed by atoms with Crippen LogP contribution in [0.1, 0.15) is 25.0 Å². The summed E-state index contributed by atoms with van der Waals surface area (Å²) in [5, 5.41) is 0. The number of sulfonamides is 1. The number of para-hydroxylation sites is 1. The second kappa shape index (κ2) is 9.82. The van der Waals surface area contributed by atoms with Gasteiger partial charge in [0.1, 0.15) is 18.2 Å². The van der Waals surface area contributed by atoms with E-state index in [-0.39, 0.29) is 11.4 Å². The first kappa shape index (κ1) is 21.3. The number of nitrogens with zero attached hydrogens (tertiary/aromatic N) is 1. The molecule has 0 fully saturated rings. The number of hydrogen-bond acceptors (Lipinski definition) is 4. The summed E-state index contributed by atoms with van der Waals surface area (Å²) < 4.78 is 46.9. The van der Waals surface area contributed by atoms with E-state index in [1.165, 1.54) is 12.1 Å². The van der Waals surface area contributed by atoms with Gasteiger partial charge in [-0.05, 0) is 43.8 Å². The standard InChI is InChI=1S/C20H27FN2O3S/c1-4-23(5-2)12-13-26-20-9-7-6-8-17(20)15-22-27(24,25)18-11-10-16(3)19(21)14-18/h6-11,14,22H,4-5,12-13,15H2,1-3H3. The Labute approximate surface area is 161 Å². The van der Waals surface area contributed by atoms with Gasteiger partial charge in [0.15, 0.2) is 0 Å². The molecular weight excluding hydrogens is 367 g/mol. The third-order valence-corrected chi connectivity index (χ3v) is 5.84. The topological polar surface area (TPSA) is 58.6 Å². The first-order valence-corrected chi connectivity index (χ1v) is 10.5. The first-order chi connectivity index (χ1) is 12.9. The molecule has 148 valence electrons. The lowest BCUT2D eigenvalue weighted by Crippen LogP contribution is -2.28. The molecule has 2 rings (SSSR count). The van der Waals surface area contributed by atoms with Crippen LogP contribution in [0.3, 0.4) is 0 Å². The van der Waals surface area contributed by atoms with E-state index >= 15 is 0 Å². The number of hydrogen-bond donors (Lipinski definition) is 1. The summed E-state index contributed by atoms with van der Waals surface area (Å²) in [5.41, 5.74) is 1.13. The van der Waals surface area contributed by atoms with Crippen molar-refractivity contribution in [2.45, 2.75) is 32.2 Å². The van der Waals surface area contributed by atoms with Crippen molar-refractivity contribution in [1.29, 1.82) is 0 Å². The predicted octanol–water partition coefficient (Wildman–Crippen LogP) is 3.33. The second-order valence-electron chi connectivity index (χ2n) is 6.22. The van der Waals surface area contributed by atoms with Crippen LogP contribution in [0.2, 0.25) is 0 Å². The van der Waals surface area contributed by atoms with E-state index in [0.717, 1.165) is 31.3 Å². The van der Waals surface area contributed by atoms with E-state index in [0.29, 0.717) is 17.9 Å². The fourth-order valence-corrected chi connectivity index (χ4v) is 3.63. The van der Waals surface area contributed by atoms with E-state index in [2.05, 4.69) is 23.5 Å².